The highest BCUT2D eigenvalue weighted by molar-refractivity contribution is 5.88. The minimum absolute atomic E-state index is 0.354. The highest BCUT2D eigenvalue weighted by atomic mass is 16.5. The fourth-order valence-corrected chi connectivity index (χ4v) is 2.38. The summed E-state index contributed by atoms with van der Waals surface area (Å²) in [4.78, 5) is 0. The van der Waals surface area contributed by atoms with E-state index >= 15 is 0 Å². The fourth-order valence-electron chi connectivity index (χ4n) is 2.38. The Morgan fingerprint density at radius 1 is 1.24 bits per heavy atom. The molecule has 0 saturated carbocycles. The standard InChI is InChI=1S/C14H20N2O/c1-9-6-10-8-12(14(2,3)15)16(4)13(10)11(7-9)17-5/h6-8H,15H2,1-5H3. The Morgan fingerprint density at radius 3 is 2.41 bits per heavy atom. The second-order valence-electron chi connectivity index (χ2n) is 5.22. The van der Waals surface area contributed by atoms with Gasteiger partial charge >= 0.3 is 0 Å². The van der Waals surface area contributed by atoms with Crippen molar-refractivity contribution in [3.8, 4) is 5.75 Å². The van der Waals surface area contributed by atoms with Crippen molar-refractivity contribution >= 4 is 10.9 Å². The molecule has 0 saturated heterocycles. The van der Waals surface area contributed by atoms with Gasteiger partial charge in [0.1, 0.15) is 5.75 Å². The van der Waals surface area contributed by atoms with E-state index in [9.17, 15) is 0 Å². The molecule has 2 N–H and O–H groups in total. The largest absolute Gasteiger partial charge is 0.495 e. The van der Waals surface area contributed by atoms with E-state index in [0.717, 1.165) is 17.0 Å². The second kappa shape index (κ2) is 3.77. The lowest BCUT2D eigenvalue weighted by Gasteiger charge is -2.20. The van der Waals surface area contributed by atoms with Gasteiger partial charge in [-0.25, -0.2) is 0 Å². The van der Waals surface area contributed by atoms with Crippen molar-refractivity contribution in [2.45, 2.75) is 26.3 Å². The van der Waals surface area contributed by atoms with Gasteiger partial charge in [-0.15, -0.1) is 0 Å². The first kappa shape index (κ1) is 12.0. The van der Waals surface area contributed by atoms with Crippen LogP contribution in [-0.4, -0.2) is 11.7 Å². The number of aromatic nitrogens is 1. The third-order valence-corrected chi connectivity index (χ3v) is 3.12. The summed E-state index contributed by atoms with van der Waals surface area (Å²) in [7, 11) is 3.73. The predicted molar refractivity (Wildman–Crippen MR) is 71.4 cm³/mol. The lowest BCUT2D eigenvalue weighted by molar-refractivity contribution is 0.416. The zero-order valence-electron chi connectivity index (χ0n) is 11.2. The predicted octanol–water partition coefficient (Wildman–Crippen LogP) is 2.69. The van der Waals surface area contributed by atoms with Crippen LogP contribution in [-0.2, 0) is 12.6 Å². The van der Waals surface area contributed by atoms with Gasteiger partial charge in [0.05, 0.1) is 18.2 Å². The molecule has 0 fully saturated rings. The maximum Gasteiger partial charge on any atom is 0.143 e. The molecule has 17 heavy (non-hydrogen) atoms. The van der Waals surface area contributed by atoms with Crippen molar-refractivity contribution in [1.82, 2.24) is 4.57 Å². The van der Waals surface area contributed by atoms with Gasteiger partial charge in [-0.1, -0.05) is 0 Å². The van der Waals surface area contributed by atoms with E-state index in [1.54, 1.807) is 7.11 Å². The minimum atomic E-state index is -0.354. The summed E-state index contributed by atoms with van der Waals surface area (Å²) in [6.45, 7) is 6.10. The Balaban J connectivity index is 2.82. The highest BCUT2D eigenvalue weighted by Gasteiger charge is 2.21. The van der Waals surface area contributed by atoms with E-state index in [2.05, 4.69) is 29.7 Å². The van der Waals surface area contributed by atoms with Gasteiger partial charge in [0.15, 0.2) is 0 Å². The van der Waals surface area contributed by atoms with Crippen molar-refractivity contribution in [3.63, 3.8) is 0 Å². The smallest absolute Gasteiger partial charge is 0.143 e. The topological polar surface area (TPSA) is 40.2 Å². The van der Waals surface area contributed by atoms with Crippen molar-refractivity contribution in [3.05, 3.63) is 29.5 Å². The van der Waals surface area contributed by atoms with Crippen molar-refractivity contribution in [2.24, 2.45) is 12.8 Å². The fraction of sp³-hybridized carbons (Fsp3) is 0.429. The molecule has 1 heterocycles. The maximum absolute atomic E-state index is 6.19. The second-order valence-corrected chi connectivity index (χ2v) is 5.22. The van der Waals surface area contributed by atoms with Gasteiger partial charge in [0, 0.05) is 18.1 Å². The van der Waals surface area contributed by atoms with Gasteiger partial charge in [-0.2, -0.15) is 0 Å². The summed E-state index contributed by atoms with van der Waals surface area (Å²) in [5.41, 5.74) is 9.24. The molecule has 92 valence electrons. The van der Waals surface area contributed by atoms with Crippen LogP contribution in [0.2, 0.25) is 0 Å². The number of hydrogen-bond donors (Lipinski definition) is 1. The number of nitrogens with zero attached hydrogens (tertiary/aromatic N) is 1. The average molecular weight is 232 g/mol. The zero-order chi connectivity index (χ0) is 12.8. The molecule has 0 radical (unpaired) electrons. The molecule has 0 aliphatic carbocycles. The molecule has 0 aliphatic heterocycles. The van der Waals surface area contributed by atoms with Gasteiger partial charge in [-0.05, 0) is 44.5 Å². The monoisotopic (exact) mass is 232 g/mol. The molecule has 3 nitrogen and oxygen atoms in total. The van der Waals surface area contributed by atoms with E-state index in [1.807, 2.05) is 20.9 Å². The van der Waals surface area contributed by atoms with E-state index in [0.29, 0.717) is 0 Å². The Hall–Kier alpha value is -1.48. The summed E-state index contributed by atoms with van der Waals surface area (Å²) in [6.07, 6.45) is 0. The molecule has 0 spiro atoms. The lowest BCUT2D eigenvalue weighted by Crippen LogP contribution is -2.30. The van der Waals surface area contributed by atoms with Crippen LogP contribution in [0.3, 0.4) is 0 Å². The zero-order valence-corrected chi connectivity index (χ0v) is 11.2. The summed E-state index contributed by atoms with van der Waals surface area (Å²) in [5.74, 6) is 0.901. The third-order valence-electron chi connectivity index (χ3n) is 3.12. The summed E-state index contributed by atoms with van der Waals surface area (Å²) in [6, 6.07) is 6.35. The number of hydrogen-bond acceptors (Lipinski definition) is 2. The molecule has 0 atom stereocenters. The first-order valence-electron chi connectivity index (χ1n) is 5.78. The van der Waals surface area contributed by atoms with E-state index in [4.69, 9.17) is 10.5 Å². The normalized spacial score (nSPS) is 12.1. The summed E-state index contributed by atoms with van der Waals surface area (Å²) >= 11 is 0. The summed E-state index contributed by atoms with van der Waals surface area (Å²) < 4.78 is 7.57. The van der Waals surface area contributed by atoms with E-state index in [1.165, 1.54) is 10.9 Å². The van der Waals surface area contributed by atoms with Gasteiger partial charge in [-0.3, -0.25) is 0 Å². The quantitative estimate of drug-likeness (QED) is 0.864. The first-order valence-corrected chi connectivity index (χ1v) is 5.78. The van der Waals surface area contributed by atoms with Crippen LogP contribution in [0.15, 0.2) is 18.2 Å². The Morgan fingerprint density at radius 2 is 1.88 bits per heavy atom. The number of rotatable bonds is 2. The number of aryl methyl sites for hydroxylation is 2. The average Bonchev–Trinajstić information content (AvgIpc) is 2.54. The maximum atomic E-state index is 6.19. The highest BCUT2D eigenvalue weighted by Crippen LogP contribution is 2.32. The first-order chi connectivity index (χ1) is 7.84. The molecular weight excluding hydrogens is 212 g/mol. The molecule has 0 bridgehead atoms. The van der Waals surface area contributed by atoms with Crippen LogP contribution in [0.25, 0.3) is 10.9 Å². The SMILES string of the molecule is COc1cc(C)cc2cc(C(C)(C)N)n(C)c12. The van der Waals surface area contributed by atoms with Crippen LogP contribution in [0, 0.1) is 6.92 Å². The van der Waals surface area contributed by atoms with Crippen molar-refractivity contribution in [2.75, 3.05) is 7.11 Å². The molecule has 0 amide bonds. The van der Waals surface area contributed by atoms with Crippen LogP contribution in [0.5, 0.6) is 5.75 Å². The molecule has 0 unspecified atom stereocenters. The minimum Gasteiger partial charge on any atom is -0.495 e. The van der Waals surface area contributed by atoms with Gasteiger partial charge in [0.25, 0.3) is 0 Å². The van der Waals surface area contributed by atoms with Crippen LogP contribution in [0.4, 0.5) is 0 Å². The lowest BCUT2D eigenvalue weighted by atomic mass is 10.0. The summed E-state index contributed by atoms with van der Waals surface area (Å²) in [5, 5.41) is 1.18. The molecule has 0 aliphatic rings. The van der Waals surface area contributed by atoms with Gasteiger partial charge < -0.3 is 15.0 Å². The van der Waals surface area contributed by atoms with Crippen LogP contribution in [0.1, 0.15) is 25.1 Å². The Kier molecular flexibility index (Phi) is 2.66. The molecule has 2 rings (SSSR count). The number of ether oxygens (including phenoxy) is 1. The number of nitrogens with two attached hydrogens (primary N) is 1. The van der Waals surface area contributed by atoms with E-state index < -0.39 is 0 Å². The molecular formula is C14H20N2O. The van der Waals surface area contributed by atoms with Crippen LogP contribution >= 0.6 is 0 Å². The Bertz CT molecular complexity index is 562. The number of fused-ring (bicyclic) bond motifs is 1. The van der Waals surface area contributed by atoms with Gasteiger partial charge in [0.2, 0.25) is 0 Å². The molecule has 2 aromatic rings. The van der Waals surface area contributed by atoms with Crippen molar-refractivity contribution in [1.29, 1.82) is 0 Å². The Labute approximate surface area is 102 Å². The number of benzene rings is 1. The van der Waals surface area contributed by atoms with Crippen molar-refractivity contribution < 1.29 is 4.74 Å². The van der Waals surface area contributed by atoms with Crippen LogP contribution < -0.4 is 10.5 Å². The molecule has 1 aromatic heterocycles. The molecule has 1 aromatic carbocycles. The number of methoxy groups -OCH3 is 1. The molecule has 3 heteroatoms. The van der Waals surface area contributed by atoms with E-state index in [-0.39, 0.29) is 5.54 Å². The third kappa shape index (κ3) is 1.91.